The monoisotopic (exact) mass is 1700 g/mol. The van der Waals surface area contributed by atoms with E-state index in [4.69, 9.17) is 66.3 Å². The van der Waals surface area contributed by atoms with Crippen LogP contribution in [0.3, 0.4) is 0 Å². The zero-order chi connectivity index (χ0) is 87.8. The van der Waals surface area contributed by atoms with Crippen LogP contribution in [-0.2, 0) is 88.0 Å². The fraction of sp³-hybridized carbons (Fsp3) is 0.564. The van der Waals surface area contributed by atoms with Crippen molar-refractivity contribution in [1.29, 1.82) is 0 Å². The van der Waals surface area contributed by atoms with Gasteiger partial charge < -0.3 is 66.3 Å². The Kier molecular flexibility index (Phi) is 46.0. The Morgan fingerprint density at radius 2 is 0.411 bits per heavy atom. The molecular weight excluding hydrogens is 1550 g/mol. The quantitative estimate of drug-likeness (QED) is 0.0335. The fourth-order valence-corrected chi connectivity index (χ4v) is 19.2. The predicted molar refractivity (Wildman–Crippen MR) is 510 cm³/mol. The van der Waals surface area contributed by atoms with Crippen molar-refractivity contribution in [2.24, 2.45) is 0 Å². The molecule has 0 amide bonds. The Morgan fingerprint density at radius 1 is 0.185 bits per heavy atom. The topological polar surface area (TPSA) is 129 Å². The maximum absolute atomic E-state index is 6.17. The molecule has 0 bridgehead atoms. The smallest absolute Gasteiger partial charge is 0.0701 e. The number of aryl methyl sites for hydroxylation is 4. The zero-order valence-corrected chi connectivity index (χ0v) is 78.4. The minimum atomic E-state index is -0.364. The summed E-state index contributed by atoms with van der Waals surface area (Å²) < 4.78 is 77.5. The number of unbranched alkanes of at least 4 members (excludes halogenated alkanes) is 16. The van der Waals surface area contributed by atoms with Crippen molar-refractivity contribution in [2.75, 3.05) is 188 Å². The Morgan fingerprint density at radius 3 is 0.734 bits per heavy atom. The second-order valence-electron chi connectivity index (χ2n) is 34.7. The summed E-state index contributed by atoms with van der Waals surface area (Å²) in [7, 11) is 10.3. The standard InChI is InChI=1S/C30H44.C28H40O2.2C26H36O6/c1-4-6-8-10-12-16-22-30(23-17-13-11-9-7-5-2)28-19-15-14-18-26(28)27-24-25(3)20-21-29(27)30;1-23-16-17-27-25(22-23)24-14-8-9-15-26(24)28(27,18-10-4-6-12-20-29-2)19-11-5-7-13-21-30-3;1-21-8-9-25-23(18-21)22-6-4-5-7-24(22)26(25,19-31-16-14-29-12-10-27-2)20-32-17-15-30-13-11-28-3;1-21-8-9-23-22-6-4-5-7-24(22)26(25(23)18-21,19-31-16-14-29-12-10-27-2)20-32-17-15-30-13-11-28-3/h14-15,18-21,24H,4-13,16-17,22-23H2,1-3H3;8-9,14-17,22H,4-7,10-13,18-21H2,1-3H3;2*4-9,18H,10-17,19-20H2,1-3H3. The first-order valence-electron chi connectivity index (χ1n) is 47.3. The molecule has 0 fully saturated rings. The molecule has 0 saturated heterocycles. The van der Waals surface area contributed by atoms with Gasteiger partial charge in [-0.15, -0.1) is 0 Å². The van der Waals surface area contributed by atoms with Gasteiger partial charge in [-0.2, -0.15) is 0 Å². The number of ether oxygens (including phenoxy) is 14. The second kappa shape index (κ2) is 56.5. The molecule has 680 valence electrons. The Bertz CT molecular complexity index is 4080. The van der Waals surface area contributed by atoms with Crippen LogP contribution in [0.15, 0.2) is 170 Å². The van der Waals surface area contributed by atoms with Crippen molar-refractivity contribution in [3.8, 4) is 44.5 Å². The first-order valence-corrected chi connectivity index (χ1v) is 47.3. The third-order valence-electron chi connectivity index (χ3n) is 25.6. The van der Waals surface area contributed by atoms with Gasteiger partial charge in [0, 0.05) is 66.7 Å². The summed E-state index contributed by atoms with van der Waals surface area (Å²) in [5.41, 5.74) is 27.3. The normalized spacial score (nSPS) is 13.9. The average Bonchev–Trinajstić information content (AvgIpc) is 1.59. The highest BCUT2D eigenvalue weighted by Crippen LogP contribution is 2.57. The summed E-state index contributed by atoms with van der Waals surface area (Å²) in [4.78, 5) is 0. The van der Waals surface area contributed by atoms with Crippen molar-refractivity contribution in [2.45, 2.75) is 217 Å². The lowest BCUT2D eigenvalue weighted by atomic mass is 9.70. The van der Waals surface area contributed by atoms with Crippen LogP contribution < -0.4 is 0 Å². The molecule has 124 heavy (non-hydrogen) atoms. The van der Waals surface area contributed by atoms with Crippen molar-refractivity contribution in [3.05, 3.63) is 237 Å². The van der Waals surface area contributed by atoms with Crippen LogP contribution in [0.5, 0.6) is 0 Å². The molecule has 0 unspecified atom stereocenters. The summed E-state index contributed by atoms with van der Waals surface area (Å²) in [6, 6.07) is 63.4. The van der Waals surface area contributed by atoms with Crippen LogP contribution in [-0.4, -0.2) is 188 Å². The average molecular weight is 1700 g/mol. The Hall–Kier alpha value is -6.80. The highest BCUT2D eigenvalue weighted by Gasteiger charge is 2.47. The summed E-state index contributed by atoms with van der Waals surface area (Å²) >= 11 is 0. The van der Waals surface area contributed by atoms with Crippen molar-refractivity contribution in [1.82, 2.24) is 0 Å². The molecule has 12 rings (SSSR count). The third-order valence-corrected chi connectivity index (χ3v) is 25.6. The van der Waals surface area contributed by atoms with E-state index in [0.717, 1.165) is 13.2 Å². The number of rotatable bonds is 60. The molecule has 0 aliphatic heterocycles. The van der Waals surface area contributed by atoms with E-state index in [9.17, 15) is 0 Å². The lowest BCUT2D eigenvalue weighted by Crippen LogP contribution is -2.37. The number of methoxy groups -OCH3 is 6. The summed E-state index contributed by atoms with van der Waals surface area (Å²) in [6.45, 7) is 26.1. The zero-order valence-electron chi connectivity index (χ0n) is 78.4. The maximum atomic E-state index is 6.17. The van der Waals surface area contributed by atoms with Gasteiger partial charge in [0.15, 0.2) is 0 Å². The fourth-order valence-electron chi connectivity index (χ4n) is 19.2. The maximum Gasteiger partial charge on any atom is 0.0701 e. The van der Waals surface area contributed by atoms with E-state index in [2.05, 4.69) is 211 Å². The second-order valence-corrected chi connectivity index (χ2v) is 34.7. The Balaban J connectivity index is 0.000000187. The van der Waals surface area contributed by atoms with Crippen LogP contribution in [0.25, 0.3) is 44.5 Å². The van der Waals surface area contributed by atoms with Gasteiger partial charge in [-0.05, 0) is 155 Å². The van der Waals surface area contributed by atoms with Crippen molar-refractivity contribution < 1.29 is 66.3 Å². The number of benzene rings is 8. The van der Waals surface area contributed by atoms with Gasteiger partial charge in [-0.3, -0.25) is 0 Å². The minimum Gasteiger partial charge on any atom is -0.385 e. The van der Waals surface area contributed by atoms with Gasteiger partial charge in [0.2, 0.25) is 0 Å². The molecular formula is C110H156O14. The molecule has 8 aromatic rings. The molecule has 4 aliphatic carbocycles. The van der Waals surface area contributed by atoms with E-state index >= 15 is 0 Å². The van der Waals surface area contributed by atoms with Gasteiger partial charge >= 0.3 is 0 Å². The minimum absolute atomic E-state index is 0.183. The van der Waals surface area contributed by atoms with Crippen LogP contribution >= 0.6 is 0 Å². The molecule has 0 radical (unpaired) electrons. The van der Waals surface area contributed by atoms with E-state index in [1.165, 1.54) is 243 Å². The summed E-state index contributed by atoms with van der Waals surface area (Å²) in [6.07, 6.45) is 31.8. The molecule has 0 aromatic heterocycles. The molecule has 0 heterocycles. The van der Waals surface area contributed by atoms with E-state index in [1.807, 2.05) is 0 Å². The highest BCUT2D eigenvalue weighted by atomic mass is 16.6. The molecule has 0 N–H and O–H groups in total. The van der Waals surface area contributed by atoms with E-state index < -0.39 is 0 Å². The molecule has 4 aliphatic rings. The molecule has 14 heteroatoms. The van der Waals surface area contributed by atoms with Crippen LogP contribution in [0.2, 0.25) is 0 Å². The van der Waals surface area contributed by atoms with Crippen LogP contribution in [0, 0.1) is 27.7 Å². The molecule has 0 saturated carbocycles. The van der Waals surface area contributed by atoms with Gasteiger partial charge in [-0.1, -0.05) is 322 Å². The number of hydrogen-bond acceptors (Lipinski definition) is 14. The lowest BCUT2D eigenvalue weighted by Gasteiger charge is -2.33. The number of fused-ring (bicyclic) bond motifs is 12. The molecule has 0 spiro atoms. The summed E-state index contributed by atoms with van der Waals surface area (Å²) in [5.74, 6) is 0. The Labute approximate surface area is 748 Å². The molecule has 8 aromatic carbocycles. The summed E-state index contributed by atoms with van der Waals surface area (Å²) in [5, 5.41) is 0. The first-order chi connectivity index (χ1) is 60.9. The third kappa shape index (κ3) is 28.6. The number of hydrogen-bond donors (Lipinski definition) is 0. The lowest BCUT2D eigenvalue weighted by molar-refractivity contribution is -0.0145. The van der Waals surface area contributed by atoms with Gasteiger partial charge in [-0.25, -0.2) is 0 Å². The molecule has 14 nitrogen and oxygen atoms in total. The van der Waals surface area contributed by atoms with Crippen molar-refractivity contribution in [3.63, 3.8) is 0 Å². The van der Waals surface area contributed by atoms with Crippen LogP contribution in [0.1, 0.15) is 235 Å². The van der Waals surface area contributed by atoms with Crippen LogP contribution in [0.4, 0.5) is 0 Å². The molecule has 0 atom stereocenters. The largest absolute Gasteiger partial charge is 0.385 e. The predicted octanol–water partition coefficient (Wildman–Crippen LogP) is 24.5. The SMILES string of the molecule is CCCCCCCCC1(CCCCCCCC)c2ccccc2-c2cc(C)ccc21.COCCCCCCC1(CCCCCCOC)c2ccccc2-c2cc(C)ccc21.COCCOCCOCC1(COCCOCCOC)c2ccccc2-c2cc(C)ccc21.COCCOCCOCC1(COCCOCCOC)c2ccccc2-c2ccc(C)cc21. The van der Waals surface area contributed by atoms with E-state index in [0.29, 0.717) is 132 Å². The first kappa shape index (κ1) is 101. The van der Waals surface area contributed by atoms with Crippen molar-refractivity contribution >= 4 is 0 Å². The van der Waals surface area contributed by atoms with Gasteiger partial charge in [0.25, 0.3) is 0 Å². The van der Waals surface area contributed by atoms with E-state index in [-0.39, 0.29) is 21.7 Å². The van der Waals surface area contributed by atoms with Gasteiger partial charge in [0.1, 0.15) is 0 Å². The van der Waals surface area contributed by atoms with E-state index in [1.54, 1.807) is 64.9 Å². The van der Waals surface area contributed by atoms with Gasteiger partial charge in [0.05, 0.1) is 143 Å². The highest BCUT2D eigenvalue weighted by molar-refractivity contribution is 5.85.